The first-order valence-electron chi connectivity index (χ1n) is 7.10. The lowest BCUT2D eigenvalue weighted by molar-refractivity contribution is -0.675. The summed E-state index contributed by atoms with van der Waals surface area (Å²) < 4.78 is 0. The summed E-state index contributed by atoms with van der Waals surface area (Å²) in [7, 11) is 0. The minimum absolute atomic E-state index is 0.0762. The molecule has 1 heterocycles. The van der Waals surface area contributed by atoms with Crippen LogP contribution in [0.15, 0.2) is 0 Å². The van der Waals surface area contributed by atoms with Crippen LogP contribution in [0.25, 0.3) is 0 Å². The van der Waals surface area contributed by atoms with Crippen LogP contribution in [0.4, 0.5) is 5.00 Å². The van der Waals surface area contributed by atoms with Crippen LogP contribution >= 0.6 is 11.3 Å². The smallest absolute Gasteiger partial charge is 0.280 e. The molecule has 5 N–H and O–H groups in total. The SMILES string of the molecule is CC[C@@H](C)[NH2+]CC(=O)Nc1sc2c(c1C(N)=O)CCC2. The van der Waals surface area contributed by atoms with Gasteiger partial charge in [0.05, 0.1) is 11.6 Å². The highest BCUT2D eigenvalue weighted by atomic mass is 32.1. The number of amides is 2. The second-order valence-corrected chi connectivity index (χ2v) is 6.40. The van der Waals surface area contributed by atoms with Gasteiger partial charge in [-0.05, 0) is 38.2 Å². The van der Waals surface area contributed by atoms with Crippen LogP contribution in [0.2, 0.25) is 0 Å². The van der Waals surface area contributed by atoms with Crippen molar-refractivity contribution >= 4 is 28.2 Å². The van der Waals surface area contributed by atoms with Crippen molar-refractivity contribution in [3.63, 3.8) is 0 Å². The Hall–Kier alpha value is -1.40. The van der Waals surface area contributed by atoms with Crippen molar-refractivity contribution in [2.45, 2.75) is 45.6 Å². The molecule has 1 atom stereocenters. The van der Waals surface area contributed by atoms with E-state index in [9.17, 15) is 9.59 Å². The van der Waals surface area contributed by atoms with Crippen molar-refractivity contribution in [2.24, 2.45) is 5.73 Å². The molecule has 0 saturated heterocycles. The molecular weight excluding hydrogens is 274 g/mol. The van der Waals surface area contributed by atoms with Gasteiger partial charge >= 0.3 is 0 Å². The molecule has 1 aliphatic carbocycles. The lowest BCUT2D eigenvalue weighted by Crippen LogP contribution is -2.90. The molecule has 0 spiro atoms. The molecule has 2 amide bonds. The molecule has 0 bridgehead atoms. The van der Waals surface area contributed by atoms with Crippen molar-refractivity contribution in [1.29, 1.82) is 0 Å². The summed E-state index contributed by atoms with van der Waals surface area (Å²) in [6.07, 6.45) is 3.96. The van der Waals surface area contributed by atoms with Crippen LogP contribution in [0.3, 0.4) is 0 Å². The number of aryl methyl sites for hydroxylation is 1. The van der Waals surface area contributed by atoms with Gasteiger partial charge in [-0.2, -0.15) is 0 Å². The van der Waals surface area contributed by atoms with Gasteiger partial charge in [-0.25, -0.2) is 0 Å². The van der Waals surface area contributed by atoms with E-state index < -0.39 is 5.91 Å². The van der Waals surface area contributed by atoms with Crippen LogP contribution < -0.4 is 16.4 Å². The summed E-state index contributed by atoms with van der Waals surface area (Å²) in [5.74, 6) is -0.515. The third kappa shape index (κ3) is 3.19. The predicted octanol–water partition coefficient (Wildman–Crippen LogP) is 0.636. The Bertz CT molecular complexity index is 525. The molecule has 5 nitrogen and oxygen atoms in total. The zero-order valence-electron chi connectivity index (χ0n) is 12.0. The van der Waals surface area contributed by atoms with Crippen molar-refractivity contribution in [1.82, 2.24) is 0 Å². The van der Waals surface area contributed by atoms with Gasteiger partial charge in [0.2, 0.25) is 0 Å². The normalized spacial score (nSPS) is 14.9. The average Bonchev–Trinajstić information content (AvgIpc) is 2.95. The van der Waals surface area contributed by atoms with E-state index in [2.05, 4.69) is 19.2 Å². The standard InChI is InChI=1S/C14H21N3O2S/c1-3-8(2)16-7-11(18)17-14-12(13(15)19)9-5-4-6-10(9)20-14/h8,16H,3-7H2,1-2H3,(H2,15,19)(H,17,18)/p+1/t8-/m1/s1. The van der Waals surface area contributed by atoms with Crippen LogP contribution in [-0.4, -0.2) is 24.4 Å². The Kier molecular flexibility index (Phi) is 4.77. The third-order valence-corrected chi connectivity index (χ3v) is 4.98. The molecule has 1 aromatic heterocycles. The molecule has 0 unspecified atom stereocenters. The molecule has 1 aromatic rings. The topological polar surface area (TPSA) is 88.8 Å². The molecule has 0 radical (unpaired) electrons. The molecule has 20 heavy (non-hydrogen) atoms. The quantitative estimate of drug-likeness (QED) is 0.719. The van der Waals surface area contributed by atoms with E-state index in [0.29, 0.717) is 23.2 Å². The van der Waals surface area contributed by atoms with E-state index in [1.165, 1.54) is 16.2 Å². The summed E-state index contributed by atoms with van der Waals surface area (Å²) >= 11 is 1.50. The van der Waals surface area contributed by atoms with Crippen LogP contribution in [-0.2, 0) is 17.6 Å². The summed E-state index contributed by atoms with van der Waals surface area (Å²) in [6, 6.07) is 0.421. The van der Waals surface area contributed by atoms with E-state index in [0.717, 1.165) is 31.2 Å². The van der Waals surface area contributed by atoms with Crippen LogP contribution in [0.1, 0.15) is 47.5 Å². The van der Waals surface area contributed by atoms with Crippen LogP contribution in [0, 0.1) is 0 Å². The van der Waals surface area contributed by atoms with E-state index >= 15 is 0 Å². The monoisotopic (exact) mass is 296 g/mol. The van der Waals surface area contributed by atoms with Gasteiger partial charge in [0, 0.05) is 4.88 Å². The Balaban J connectivity index is 2.06. The fraction of sp³-hybridized carbons (Fsp3) is 0.571. The molecule has 0 aliphatic heterocycles. The predicted molar refractivity (Wildman–Crippen MR) is 80.0 cm³/mol. The lowest BCUT2D eigenvalue weighted by atomic mass is 10.1. The number of primary amides is 1. The number of fused-ring (bicyclic) bond motifs is 1. The second kappa shape index (κ2) is 6.37. The minimum Gasteiger partial charge on any atom is -0.365 e. The van der Waals surface area contributed by atoms with E-state index in [4.69, 9.17) is 5.73 Å². The van der Waals surface area contributed by atoms with Gasteiger partial charge in [-0.1, -0.05) is 6.92 Å². The summed E-state index contributed by atoms with van der Waals surface area (Å²) in [6.45, 7) is 4.55. The molecular formula is C14H22N3O2S+. The zero-order valence-corrected chi connectivity index (χ0v) is 12.8. The molecule has 6 heteroatoms. The van der Waals surface area contributed by atoms with E-state index in [1.54, 1.807) is 0 Å². The molecule has 0 fully saturated rings. The number of thiophene rings is 1. The van der Waals surface area contributed by atoms with E-state index in [-0.39, 0.29) is 5.91 Å². The number of hydrogen-bond donors (Lipinski definition) is 3. The molecule has 1 aliphatic rings. The minimum atomic E-state index is -0.439. The largest absolute Gasteiger partial charge is 0.365 e. The number of hydrogen-bond acceptors (Lipinski definition) is 3. The Morgan fingerprint density at radius 3 is 2.85 bits per heavy atom. The Morgan fingerprint density at radius 1 is 1.45 bits per heavy atom. The number of quaternary nitrogens is 1. The molecule has 0 saturated carbocycles. The highest BCUT2D eigenvalue weighted by molar-refractivity contribution is 7.17. The third-order valence-electron chi connectivity index (χ3n) is 3.77. The van der Waals surface area contributed by atoms with Gasteiger partial charge in [0.25, 0.3) is 11.8 Å². The summed E-state index contributed by atoms with van der Waals surface area (Å²) in [5, 5.41) is 5.48. The maximum atomic E-state index is 11.9. The van der Waals surface area contributed by atoms with Crippen molar-refractivity contribution in [2.75, 3.05) is 11.9 Å². The van der Waals surface area contributed by atoms with Gasteiger partial charge < -0.3 is 16.4 Å². The number of carbonyl (C=O) groups excluding carboxylic acids is 2. The number of nitrogens with one attached hydrogen (secondary N) is 1. The van der Waals surface area contributed by atoms with Crippen LogP contribution in [0.5, 0.6) is 0 Å². The summed E-state index contributed by atoms with van der Waals surface area (Å²) in [5.41, 5.74) is 7.03. The average molecular weight is 296 g/mol. The Morgan fingerprint density at radius 2 is 2.20 bits per heavy atom. The fourth-order valence-electron chi connectivity index (χ4n) is 2.41. The number of nitrogens with two attached hydrogens (primary N) is 2. The Labute approximate surface area is 122 Å². The molecule has 110 valence electrons. The van der Waals surface area contributed by atoms with Crippen molar-refractivity contribution in [3.05, 3.63) is 16.0 Å². The van der Waals surface area contributed by atoms with Gasteiger partial charge in [-0.3, -0.25) is 9.59 Å². The molecule has 0 aromatic carbocycles. The first-order valence-corrected chi connectivity index (χ1v) is 7.92. The summed E-state index contributed by atoms with van der Waals surface area (Å²) in [4.78, 5) is 24.7. The molecule has 2 rings (SSSR count). The maximum Gasteiger partial charge on any atom is 0.280 e. The van der Waals surface area contributed by atoms with Gasteiger partial charge in [0.1, 0.15) is 5.00 Å². The van der Waals surface area contributed by atoms with Gasteiger partial charge in [0.15, 0.2) is 6.54 Å². The zero-order chi connectivity index (χ0) is 14.7. The number of anilines is 1. The van der Waals surface area contributed by atoms with Gasteiger partial charge in [-0.15, -0.1) is 11.3 Å². The first-order chi connectivity index (χ1) is 9.52. The highest BCUT2D eigenvalue weighted by Gasteiger charge is 2.26. The first kappa shape index (κ1) is 15.0. The van der Waals surface area contributed by atoms with Crippen molar-refractivity contribution < 1.29 is 14.9 Å². The fourth-order valence-corrected chi connectivity index (χ4v) is 3.72. The van der Waals surface area contributed by atoms with E-state index in [1.807, 2.05) is 5.32 Å². The van der Waals surface area contributed by atoms with Crippen molar-refractivity contribution in [3.8, 4) is 0 Å². The number of rotatable bonds is 6. The number of carbonyl (C=O) groups is 2. The highest BCUT2D eigenvalue weighted by Crippen LogP contribution is 2.38. The lowest BCUT2D eigenvalue weighted by Gasteiger charge is -2.08. The second-order valence-electron chi connectivity index (χ2n) is 5.30. The maximum absolute atomic E-state index is 11.9.